The Balaban J connectivity index is 2.00. The first-order valence-corrected chi connectivity index (χ1v) is 3.86. The highest BCUT2D eigenvalue weighted by Gasteiger charge is 2.38. The van der Waals surface area contributed by atoms with Gasteiger partial charge in [-0.3, -0.25) is 4.90 Å². The first-order chi connectivity index (χ1) is 4.75. The van der Waals surface area contributed by atoms with Crippen LogP contribution in [0.2, 0.25) is 0 Å². The highest BCUT2D eigenvalue weighted by atomic mass is 16.3. The van der Waals surface area contributed by atoms with Crippen LogP contribution in [0.15, 0.2) is 0 Å². The summed E-state index contributed by atoms with van der Waals surface area (Å²) in [5.41, 5.74) is 0. The summed E-state index contributed by atoms with van der Waals surface area (Å²) in [6.45, 7) is 1.53. The number of hydrogen-bond acceptors (Lipinski definition) is 3. The van der Waals surface area contributed by atoms with E-state index in [4.69, 9.17) is 0 Å². The molecule has 0 aromatic rings. The van der Waals surface area contributed by atoms with E-state index in [1.807, 2.05) is 0 Å². The molecule has 2 N–H and O–H groups in total. The zero-order valence-corrected chi connectivity index (χ0v) is 5.90. The van der Waals surface area contributed by atoms with Crippen LogP contribution in [0.3, 0.4) is 0 Å². The molecule has 2 saturated heterocycles. The minimum Gasteiger partial charge on any atom is -0.392 e. The number of nitrogens with zero attached hydrogens (tertiary/aromatic N) is 1. The highest BCUT2D eigenvalue weighted by molar-refractivity contribution is 4.93. The summed E-state index contributed by atoms with van der Waals surface area (Å²) in [5, 5.41) is 18.4. The molecule has 0 spiro atoms. The van der Waals surface area contributed by atoms with Crippen LogP contribution in [0.1, 0.15) is 12.8 Å². The van der Waals surface area contributed by atoms with Gasteiger partial charge in [0.1, 0.15) is 0 Å². The van der Waals surface area contributed by atoms with Gasteiger partial charge < -0.3 is 10.2 Å². The maximum atomic E-state index is 9.20. The van der Waals surface area contributed by atoms with Crippen molar-refractivity contribution in [1.29, 1.82) is 0 Å². The topological polar surface area (TPSA) is 43.7 Å². The number of rotatable bonds is 0. The van der Waals surface area contributed by atoms with Crippen molar-refractivity contribution in [2.45, 2.75) is 31.1 Å². The van der Waals surface area contributed by atoms with Crippen LogP contribution in [0.4, 0.5) is 0 Å². The molecule has 2 aliphatic rings. The second kappa shape index (κ2) is 2.19. The Kier molecular flexibility index (Phi) is 1.44. The van der Waals surface area contributed by atoms with Crippen molar-refractivity contribution >= 4 is 0 Å². The SMILES string of the molecule is OC1CC2CC(O)CN2C1. The Morgan fingerprint density at radius 2 is 1.50 bits per heavy atom. The van der Waals surface area contributed by atoms with Gasteiger partial charge in [0.2, 0.25) is 0 Å². The molecule has 2 aliphatic heterocycles. The van der Waals surface area contributed by atoms with Crippen molar-refractivity contribution in [3.63, 3.8) is 0 Å². The summed E-state index contributed by atoms with van der Waals surface area (Å²) in [6, 6.07) is 0.463. The van der Waals surface area contributed by atoms with Gasteiger partial charge in [-0.2, -0.15) is 0 Å². The van der Waals surface area contributed by atoms with E-state index in [2.05, 4.69) is 4.90 Å². The smallest absolute Gasteiger partial charge is 0.0682 e. The Hall–Kier alpha value is -0.120. The summed E-state index contributed by atoms with van der Waals surface area (Å²) in [6.07, 6.45) is 1.43. The summed E-state index contributed by atoms with van der Waals surface area (Å²) in [7, 11) is 0. The van der Waals surface area contributed by atoms with Crippen LogP contribution >= 0.6 is 0 Å². The van der Waals surface area contributed by atoms with Gasteiger partial charge in [-0.15, -0.1) is 0 Å². The van der Waals surface area contributed by atoms with Crippen molar-refractivity contribution in [2.75, 3.05) is 13.1 Å². The Bertz CT molecular complexity index is 112. The van der Waals surface area contributed by atoms with E-state index in [-0.39, 0.29) is 12.2 Å². The first-order valence-electron chi connectivity index (χ1n) is 3.86. The Morgan fingerprint density at radius 3 is 1.90 bits per heavy atom. The lowest BCUT2D eigenvalue weighted by Crippen LogP contribution is -2.25. The maximum absolute atomic E-state index is 9.20. The van der Waals surface area contributed by atoms with E-state index in [1.165, 1.54) is 0 Å². The number of aliphatic hydroxyl groups is 2. The van der Waals surface area contributed by atoms with Crippen molar-refractivity contribution < 1.29 is 10.2 Å². The van der Waals surface area contributed by atoms with E-state index in [0.717, 1.165) is 25.9 Å². The molecule has 3 nitrogen and oxygen atoms in total. The van der Waals surface area contributed by atoms with Crippen molar-refractivity contribution in [3.8, 4) is 0 Å². The van der Waals surface area contributed by atoms with Crippen LogP contribution in [-0.2, 0) is 0 Å². The van der Waals surface area contributed by atoms with Gasteiger partial charge in [-0.1, -0.05) is 0 Å². The van der Waals surface area contributed by atoms with Gasteiger partial charge in [0.05, 0.1) is 12.2 Å². The molecular weight excluding hydrogens is 130 g/mol. The molecule has 2 fully saturated rings. The van der Waals surface area contributed by atoms with E-state index >= 15 is 0 Å². The fourth-order valence-electron chi connectivity index (χ4n) is 2.09. The zero-order chi connectivity index (χ0) is 7.14. The minimum absolute atomic E-state index is 0.141. The van der Waals surface area contributed by atoms with Gasteiger partial charge in [-0.05, 0) is 12.8 Å². The number of hydrogen-bond donors (Lipinski definition) is 2. The molecule has 0 aromatic carbocycles. The quantitative estimate of drug-likeness (QED) is 0.466. The van der Waals surface area contributed by atoms with Crippen LogP contribution in [0.25, 0.3) is 0 Å². The normalized spacial score (nSPS) is 48.0. The third-order valence-corrected chi connectivity index (χ3v) is 2.50. The maximum Gasteiger partial charge on any atom is 0.0682 e. The molecule has 58 valence electrons. The van der Waals surface area contributed by atoms with Crippen LogP contribution in [-0.4, -0.2) is 46.5 Å². The fourth-order valence-corrected chi connectivity index (χ4v) is 2.09. The molecule has 2 unspecified atom stereocenters. The summed E-state index contributed by atoms with van der Waals surface area (Å²) in [4.78, 5) is 2.18. The minimum atomic E-state index is -0.141. The van der Waals surface area contributed by atoms with E-state index in [0.29, 0.717) is 6.04 Å². The van der Waals surface area contributed by atoms with Crippen LogP contribution in [0.5, 0.6) is 0 Å². The lowest BCUT2D eigenvalue weighted by Gasteiger charge is -2.11. The zero-order valence-electron chi connectivity index (χ0n) is 5.90. The second-order valence-electron chi connectivity index (χ2n) is 3.39. The fraction of sp³-hybridized carbons (Fsp3) is 1.00. The van der Waals surface area contributed by atoms with Crippen LogP contribution < -0.4 is 0 Å². The Morgan fingerprint density at radius 1 is 1.00 bits per heavy atom. The molecule has 0 aliphatic carbocycles. The van der Waals surface area contributed by atoms with Gasteiger partial charge in [0, 0.05) is 19.1 Å². The second-order valence-corrected chi connectivity index (χ2v) is 3.39. The molecule has 0 radical (unpaired) electrons. The Labute approximate surface area is 60.3 Å². The highest BCUT2D eigenvalue weighted by Crippen LogP contribution is 2.27. The van der Waals surface area contributed by atoms with Gasteiger partial charge in [0.25, 0.3) is 0 Å². The van der Waals surface area contributed by atoms with Crippen LogP contribution in [0, 0.1) is 0 Å². The third-order valence-electron chi connectivity index (χ3n) is 2.50. The van der Waals surface area contributed by atoms with Gasteiger partial charge in [-0.25, -0.2) is 0 Å². The molecule has 10 heavy (non-hydrogen) atoms. The average molecular weight is 143 g/mol. The molecule has 2 rings (SSSR count). The molecule has 3 heteroatoms. The molecule has 2 heterocycles. The molecule has 0 bridgehead atoms. The largest absolute Gasteiger partial charge is 0.392 e. The number of aliphatic hydroxyl groups excluding tert-OH is 2. The van der Waals surface area contributed by atoms with Gasteiger partial charge in [0.15, 0.2) is 0 Å². The van der Waals surface area contributed by atoms with E-state index in [1.54, 1.807) is 0 Å². The molecular formula is C7H13NO2. The number of fused-ring (bicyclic) bond motifs is 1. The first kappa shape index (κ1) is 6.58. The lowest BCUT2D eigenvalue weighted by molar-refractivity contribution is 0.143. The molecule has 0 amide bonds. The predicted octanol–water partition coefficient (Wildman–Crippen LogP) is -0.814. The monoisotopic (exact) mass is 143 g/mol. The van der Waals surface area contributed by atoms with E-state index in [9.17, 15) is 10.2 Å². The van der Waals surface area contributed by atoms with Gasteiger partial charge >= 0.3 is 0 Å². The van der Waals surface area contributed by atoms with Crippen molar-refractivity contribution in [2.24, 2.45) is 0 Å². The summed E-state index contributed by atoms with van der Waals surface area (Å²) < 4.78 is 0. The molecule has 0 saturated carbocycles. The summed E-state index contributed by atoms with van der Waals surface area (Å²) in [5.74, 6) is 0. The van der Waals surface area contributed by atoms with E-state index < -0.39 is 0 Å². The molecule has 2 atom stereocenters. The molecule has 0 aromatic heterocycles. The van der Waals surface area contributed by atoms with Crippen molar-refractivity contribution in [3.05, 3.63) is 0 Å². The predicted molar refractivity (Wildman–Crippen MR) is 36.6 cm³/mol. The third kappa shape index (κ3) is 0.944. The van der Waals surface area contributed by atoms with Crippen molar-refractivity contribution in [1.82, 2.24) is 4.90 Å². The lowest BCUT2D eigenvalue weighted by atomic mass is 10.1. The standard InChI is InChI=1S/C7H13NO2/c9-6-1-5-2-7(10)4-8(5)3-6/h5-7,9-10H,1-4H2. The summed E-state index contributed by atoms with van der Waals surface area (Å²) >= 11 is 0. The average Bonchev–Trinajstić information content (AvgIpc) is 2.21.